The first-order chi connectivity index (χ1) is 15.9. The van der Waals surface area contributed by atoms with E-state index in [0.29, 0.717) is 12.1 Å². The molecule has 2 aromatic carbocycles. The van der Waals surface area contributed by atoms with Gasteiger partial charge in [-0.3, -0.25) is 9.59 Å². The molecule has 2 aliphatic rings. The fourth-order valence-electron chi connectivity index (χ4n) is 4.82. The number of benzene rings is 2. The number of rotatable bonds is 8. The van der Waals surface area contributed by atoms with Crippen molar-refractivity contribution in [3.63, 3.8) is 0 Å². The van der Waals surface area contributed by atoms with Crippen molar-refractivity contribution in [3.8, 4) is 5.75 Å². The topological polar surface area (TPSA) is 70.1 Å². The molecule has 1 N–H and O–H groups in total. The molecule has 174 valence electrons. The predicted molar refractivity (Wildman–Crippen MR) is 128 cm³/mol. The molecule has 1 amide bonds. The normalized spacial score (nSPS) is 21.5. The van der Waals surface area contributed by atoms with E-state index in [-0.39, 0.29) is 17.4 Å². The molecule has 0 aromatic heterocycles. The van der Waals surface area contributed by atoms with Crippen LogP contribution in [-0.2, 0) is 16.0 Å². The van der Waals surface area contributed by atoms with Gasteiger partial charge in [-0.1, -0.05) is 44.2 Å². The van der Waals surface area contributed by atoms with Gasteiger partial charge in [0.05, 0.1) is 11.6 Å². The Balaban J connectivity index is 1.71. The highest BCUT2D eigenvalue weighted by molar-refractivity contribution is 6.46. The van der Waals surface area contributed by atoms with Crippen molar-refractivity contribution in [3.05, 3.63) is 70.8 Å². The minimum Gasteiger partial charge on any atom is -0.507 e. The Bertz CT molecular complexity index is 1060. The lowest BCUT2D eigenvalue weighted by molar-refractivity contribution is -0.140. The molecule has 2 atom stereocenters. The van der Waals surface area contributed by atoms with E-state index in [9.17, 15) is 14.7 Å². The molecule has 1 saturated heterocycles. The molecular weight excluding hydrogens is 416 g/mol. The number of carbonyl (C=O) groups is 2. The maximum atomic E-state index is 13.2. The van der Waals surface area contributed by atoms with Gasteiger partial charge in [0.2, 0.25) is 0 Å². The molecule has 6 nitrogen and oxygen atoms in total. The molecule has 33 heavy (non-hydrogen) atoms. The number of fused-ring (bicyclic) bond motifs is 1. The van der Waals surface area contributed by atoms with Crippen LogP contribution in [0.15, 0.2) is 54.1 Å². The molecule has 6 heteroatoms. The van der Waals surface area contributed by atoms with Gasteiger partial charge < -0.3 is 19.6 Å². The molecule has 0 spiro atoms. The number of ether oxygens (including phenoxy) is 1. The van der Waals surface area contributed by atoms with Crippen LogP contribution in [-0.4, -0.2) is 58.9 Å². The first-order valence-electron chi connectivity index (χ1n) is 11.8. The lowest BCUT2D eigenvalue weighted by Gasteiger charge is -2.26. The summed E-state index contributed by atoms with van der Waals surface area (Å²) < 4.78 is 5.76. The van der Waals surface area contributed by atoms with Crippen LogP contribution in [0, 0.1) is 0 Å². The van der Waals surface area contributed by atoms with Crippen molar-refractivity contribution in [1.29, 1.82) is 0 Å². The number of hydrogen-bond acceptors (Lipinski definition) is 5. The van der Waals surface area contributed by atoms with E-state index in [1.54, 1.807) is 11.0 Å². The smallest absolute Gasteiger partial charge is 0.295 e. The van der Waals surface area contributed by atoms with Crippen molar-refractivity contribution in [2.24, 2.45) is 0 Å². The van der Waals surface area contributed by atoms with E-state index in [1.165, 1.54) is 0 Å². The molecule has 1 fully saturated rings. The average molecular weight is 449 g/mol. The first-order valence-corrected chi connectivity index (χ1v) is 11.8. The summed E-state index contributed by atoms with van der Waals surface area (Å²) in [4.78, 5) is 30.2. The highest BCUT2D eigenvalue weighted by atomic mass is 16.5. The van der Waals surface area contributed by atoms with Gasteiger partial charge in [0.15, 0.2) is 0 Å². The van der Waals surface area contributed by atoms with Gasteiger partial charge in [-0.2, -0.15) is 0 Å². The number of aliphatic hydroxyl groups excluding tert-OH is 1. The summed E-state index contributed by atoms with van der Waals surface area (Å²) in [5, 5.41) is 11.3. The summed E-state index contributed by atoms with van der Waals surface area (Å²) in [6, 6.07) is 14.3. The molecule has 4 rings (SSSR count). The number of likely N-dealkylation sites (tertiary alicyclic amines) is 1. The second kappa shape index (κ2) is 9.79. The Hall–Kier alpha value is -3.12. The van der Waals surface area contributed by atoms with Crippen LogP contribution in [0.3, 0.4) is 0 Å². The Morgan fingerprint density at radius 2 is 1.85 bits per heavy atom. The fourth-order valence-corrected chi connectivity index (χ4v) is 4.82. The molecule has 0 aliphatic carbocycles. The van der Waals surface area contributed by atoms with Gasteiger partial charge in [-0.25, -0.2) is 0 Å². The standard InChI is InChI=1S/C27H32N2O4/c1-4-28(5-2)14-9-15-29-24(19-10-7-6-8-11-19)23(26(31)27(29)32)25(30)20-12-13-22-21(17-20)16-18(3)33-22/h6-8,10-13,17-18,24,30H,4-5,9,14-16H2,1-3H3/b25-23+/t18-,24+/m0/s1. The second-order valence-electron chi connectivity index (χ2n) is 8.74. The van der Waals surface area contributed by atoms with Crippen LogP contribution >= 0.6 is 0 Å². The van der Waals surface area contributed by atoms with Crippen molar-refractivity contribution in [2.75, 3.05) is 26.2 Å². The number of aliphatic hydroxyl groups is 1. The van der Waals surface area contributed by atoms with Crippen LogP contribution in [0.2, 0.25) is 0 Å². The first kappa shape index (κ1) is 23.1. The van der Waals surface area contributed by atoms with Crippen LogP contribution in [0.4, 0.5) is 0 Å². The molecule has 2 aliphatic heterocycles. The Kier molecular flexibility index (Phi) is 6.84. The third kappa shape index (κ3) is 4.53. The zero-order chi connectivity index (χ0) is 23.5. The number of Topliss-reactive ketones (excluding diaryl/α,β-unsaturated/α-hetero) is 1. The van der Waals surface area contributed by atoms with Crippen molar-refractivity contribution in [2.45, 2.75) is 45.8 Å². The highest BCUT2D eigenvalue weighted by Crippen LogP contribution is 2.40. The molecule has 2 aromatic rings. The van der Waals surface area contributed by atoms with E-state index >= 15 is 0 Å². The maximum Gasteiger partial charge on any atom is 0.295 e. The predicted octanol–water partition coefficient (Wildman–Crippen LogP) is 4.16. The summed E-state index contributed by atoms with van der Waals surface area (Å²) in [6.07, 6.45) is 1.59. The lowest BCUT2D eigenvalue weighted by atomic mass is 9.94. The minimum atomic E-state index is -0.630. The minimum absolute atomic E-state index is 0.0816. The average Bonchev–Trinajstić information content (AvgIpc) is 3.32. The Morgan fingerprint density at radius 1 is 1.12 bits per heavy atom. The van der Waals surface area contributed by atoms with Gasteiger partial charge >= 0.3 is 0 Å². The van der Waals surface area contributed by atoms with Crippen molar-refractivity contribution >= 4 is 17.4 Å². The molecule has 2 heterocycles. The highest BCUT2D eigenvalue weighted by Gasteiger charge is 2.45. The monoisotopic (exact) mass is 448 g/mol. The van der Waals surface area contributed by atoms with E-state index in [4.69, 9.17) is 4.74 Å². The number of nitrogens with zero attached hydrogens (tertiary/aromatic N) is 2. The SMILES string of the molecule is CCN(CC)CCCN1C(=O)C(=O)/C(=C(/O)c2ccc3c(c2)C[C@H](C)O3)[C@H]1c1ccccc1. The van der Waals surface area contributed by atoms with Crippen LogP contribution in [0.25, 0.3) is 5.76 Å². The van der Waals surface area contributed by atoms with E-state index in [0.717, 1.165) is 49.4 Å². The van der Waals surface area contributed by atoms with Crippen molar-refractivity contribution < 1.29 is 19.4 Å². The van der Waals surface area contributed by atoms with Gasteiger partial charge in [-0.15, -0.1) is 0 Å². The zero-order valence-electron chi connectivity index (χ0n) is 19.6. The van der Waals surface area contributed by atoms with Gasteiger partial charge in [0.25, 0.3) is 11.7 Å². The largest absolute Gasteiger partial charge is 0.507 e. The van der Waals surface area contributed by atoms with E-state index < -0.39 is 17.7 Å². The van der Waals surface area contributed by atoms with Crippen LogP contribution in [0.5, 0.6) is 5.75 Å². The molecule has 0 bridgehead atoms. The Labute approximate surface area is 195 Å². The summed E-state index contributed by atoms with van der Waals surface area (Å²) in [7, 11) is 0. The molecular formula is C27H32N2O4. The number of hydrogen-bond donors (Lipinski definition) is 1. The summed E-state index contributed by atoms with van der Waals surface area (Å²) in [6.45, 7) is 9.41. The third-order valence-corrected chi connectivity index (χ3v) is 6.59. The van der Waals surface area contributed by atoms with Crippen molar-refractivity contribution in [1.82, 2.24) is 9.80 Å². The number of amides is 1. The summed E-state index contributed by atoms with van der Waals surface area (Å²) in [5.74, 6) is -0.510. The zero-order valence-corrected chi connectivity index (χ0v) is 19.6. The Morgan fingerprint density at radius 3 is 2.55 bits per heavy atom. The quantitative estimate of drug-likeness (QED) is 0.373. The fraction of sp³-hybridized carbons (Fsp3) is 0.407. The van der Waals surface area contributed by atoms with Gasteiger partial charge in [0, 0.05) is 18.5 Å². The van der Waals surface area contributed by atoms with Crippen LogP contribution < -0.4 is 4.74 Å². The van der Waals surface area contributed by atoms with E-state index in [2.05, 4.69) is 18.7 Å². The number of ketones is 1. The summed E-state index contributed by atoms with van der Waals surface area (Å²) >= 11 is 0. The molecule has 0 saturated carbocycles. The molecule has 0 radical (unpaired) electrons. The van der Waals surface area contributed by atoms with E-state index in [1.807, 2.05) is 49.4 Å². The third-order valence-electron chi connectivity index (χ3n) is 6.59. The lowest BCUT2D eigenvalue weighted by Crippen LogP contribution is -2.33. The van der Waals surface area contributed by atoms with Crippen LogP contribution in [0.1, 0.15) is 49.9 Å². The summed E-state index contributed by atoms with van der Waals surface area (Å²) in [5.41, 5.74) is 2.50. The molecule has 0 unspecified atom stereocenters. The van der Waals surface area contributed by atoms with Gasteiger partial charge in [0.1, 0.15) is 17.6 Å². The second-order valence-corrected chi connectivity index (χ2v) is 8.74. The number of carbonyl (C=O) groups excluding carboxylic acids is 2. The van der Waals surface area contributed by atoms with Gasteiger partial charge in [-0.05, 0) is 62.3 Å². The maximum absolute atomic E-state index is 13.2.